The van der Waals surface area contributed by atoms with Crippen LogP contribution in [0.4, 0.5) is 0 Å². The molecule has 426 valence electrons. The van der Waals surface area contributed by atoms with Crippen LogP contribution in [0.25, 0.3) is 0 Å². The number of nitrogens with zero attached hydrogens (tertiary/aromatic N) is 2. The summed E-state index contributed by atoms with van der Waals surface area (Å²) in [5.74, 6) is 0.775. The molecule has 0 atom stereocenters. The molecule has 0 bridgehead atoms. The number of carbonyl (C=O) groups excluding carboxylic acids is 4. The Bertz CT molecular complexity index is 2870. The van der Waals surface area contributed by atoms with Crippen LogP contribution in [0.3, 0.4) is 0 Å². The predicted octanol–water partition coefficient (Wildman–Crippen LogP) is 10.5. The number of para-hydroxylation sites is 2. The molecule has 2 N–H and O–H groups in total. The van der Waals surface area contributed by atoms with Gasteiger partial charge in [0, 0.05) is 45.6 Å². The lowest BCUT2D eigenvalue weighted by Gasteiger charge is -2.25. The van der Waals surface area contributed by atoms with E-state index in [2.05, 4.69) is 15.5 Å². The first kappa shape index (κ1) is 60.8. The van der Waals surface area contributed by atoms with Gasteiger partial charge in [-0.25, -0.2) is 5.06 Å². The molecule has 15 nitrogen and oxygen atoms in total. The molecule has 7 rings (SSSR count). The van der Waals surface area contributed by atoms with Crippen molar-refractivity contribution in [1.82, 2.24) is 20.6 Å². The fraction of sp³-hybridized carbons (Fsp3) is 0.254. The second kappa shape index (κ2) is 35.7. The Balaban J connectivity index is 0.885. The molecule has 0 saturated heterocycles. The molecule has 0 saturated carbocycles. The van der Waals surface area contributed by atoms with Crippen LogP contribution in [0.15, 0.2) is 212 Å². The third kappa shape index (κ3) is 21.7. The van der Waals surface area contributed by atoms with Crippen molar-refractivity contribution < 1.29 is 52.4 Å². The van der Waals surface area contributed by atoms with Crippen LogP contribution in [0.2, 0.25) is 0 Å². The number of amides is 3. The zero-order valence-electron chi connectivity index (χ0n) is 46.2. The summed E-state index contributed by atoms with van der Waals surface area (Å²) in [6.45, 7) is 4.60. The van der Waals surface area contributed by atoms with Crippen LogP contribution < -0.4 is 29.6 Å². The summed E-state index contributed by atoms with van der Waals surface area (Å²) in [6.07, 6.45) is 8.36. The summed E-state index contributed by atoms with van der Waals surface area (Å²) in [6, 6.07) is 59.2. The van der Waals surface area contributed by atoms with Crippen molar-refractivity contribution in [2.45, 2.75) is 45.9 Å². The highest BCUT2D eigenvalue weighted by Crippen LogP contribution is 2.34. The molecule has 0 aliphatic carbocycles. The van der Waals surface area contributed by atoms with Gasteiger partial charge in [0.1, 0.15) is 39.3 Å². The van der Waals surface area contributed by atoms with Gasteiger partial charge in [-0.05, 0) is 52.1 Å². The number of hydrogen-bond donors (Lipinski definition) is 2. The molecule has 0 aliphatic rings. The minimum atomic E-state index is -0.314. The predicted molar refractivity (Wildman–Crippen MR) is 315 cm³/mol. The van der Waals surface area contributed by atoms with Gasteiger partial charge in [-0.3, -0.25) is 24.1 Å². The maximum absolute atomic E-state index is 13.6. The lowest BCUT2D eigenvalue weighted by atomic mass is 10.1. The first-order valence-electron chi connectivity index (χ1n) is 27.5. The van der Waals surface area contributed by atoms with E-state index >= 15 is 0 Å². The second-order valence-corrected chi connectivity index (χ2v) is 18.7. The van der Waals surface area contributed by atoms with Gasteiger partial charge < -0.3 is 43.8 Å². The van der Waals surface area contributed by atoms with Crippen molar-refractivity contribution >= 4 is 24.0 Å². The third-order valence-corrected chi connectivity index (χ3v) is 12.6. The van der Waals surface area contributed by atoms with E-state index in [9.17, 15) is 19.2 Å². The van der Waals surface area contributed by atoms with Crippen LogP contribution in [0.5, 0.6) is 23.0 Å². The molecule has 0 spiro atoms. The van der Waals surface area contributed by atoms with E-state index in [0.717, 1.165) is 34.1 Å². The Kier molecular flexibility index (Phi) is 26.5. The Labute approximate surface area is 481 Å². The SMILES string of the molecule is O=CCCN(OCc1ccccc1)C(=O)CCN(CCOC/C=C/CNC(=O)c1cccc(OCc2ccccc2)c1OCc1ccccc1)CCOC/C=C/CNC(=O)c1cccc(OCc2ccccc2)c1OCc1ccccc1. The summed E-state index contributed by atoms with van der Waals surface area (Å²) in [5.41, 5.74) is 5.49. The van der Waals surface area contributed by atoms with Crippen LogP contribution in [0.1, 0.15) is 61.4 Å². The summed E-state index contributed by atoms with van der Waals surface area (Å²) in [4.78, 5) is 60.0. The van der Waals surface area contributed by atoms with Crippen LogP contribution in [-0.2, 0) is 56.9 Å². The van der Waals surface area contributed by atoms with Gasteiger partial charge in [-0.2, -0.15) is 0 Å². The van der Waals surface area contributed by atoms with E-state index in [4.69, 9.17) is 33.3 Å². The number of benzene rings is 7. The van der Waals surface area contributed by atoms with Crippen molar-refractivity contribution in [3.63, 3.8) is 0 Å². The van der Waals surface area contributed by atoms with Crippen molar-refractivity contribution in [3.05, 3.63) is 251 Å². The first-order chi connectivity index (χ1) is 40.4. The minimum Gasteiger partial charge on any atom is -0.485 e. The minimum absolute atomic E-state index is 0.134. The fourth-order valence-corrected chi connectivity index (χ4v) is 8.20. The molecule has 0 unspecified atom stereocenters. The molecule has 0 heterocycles. The van der Waals surface area contributed by atoms with Crippen molar-refractivity contribution in [3.8, 4) is 23.0 Å². The fourth-order valence-electron chi connectivity index (χ4n) is 8.20. The van der Waals surface area contributed by atoms with Crippen LogP contribution in [-0.4, -0.2) is 99.7 Å². The Hall–Kier alpha value is -8.86. The average Bonchev–Trinajstić information content (AvgIpc) is 3.60. The van der Waals surface area contributed by atoms with Crippen molar-refractivity contribution in [2.75, 3.05) is 65.7 Å². The lowest BCUT2D eigenvalue weighted by molar-refractivity contribution is -0.192. The number of hydrogen-bond acceptors (Lipinski definition) is 12. The standard InChI is InChI=1S/C67H72N4O11/c72-44-22-40-71(82-53-58-31-14-5-15-32-58)63(73)37-41-70(42-47-76-45-18-16-38-68-66(74)59-33-20-35-61(78-49-54-23-6-1-7-24-54)64(59)80-51-56-27-10-3-11-28-56)43-48-77-46-19-17-39-69-67(75)60-34-21-36-62(79-50-55-25-8-2-9-26-55)65(60)81-52-57-29-12-4-13-30-57/h1-21,23-36,44H,22,37-43,45-53H2,(H,68,74)(H,69,75)/b18-16+,19-17+. The summed E-state index contributed by atoms with van der Waals surface area (Å²) < 4.78 is 36.8. The maximum atomic E-state index is 13.6. The van der Waals surface area contributed by atoms with Gasteiger partial charge in [0.05, 0.1) is 44.1 Å². The smallest absolute Gasteiger partial charge is 0.255 e. The number of carbonyl (C=O) groups is 4. The van der Waals surface area contributed by atoms with Gasteiger partial charge in [0.25, 0.3) is 11.8 Å². The van der Waals surface area contributed by atoms with Crippen LogP contribution in [0, 0.1) is 0 Å². The molecular weight excluding hydrogens is 1040 g/mol. The number of hydroxylamine groups is 2. The van der Waals surface area contributed by atoms with Crippen molar-refractivity contribution in [2.24, 2.45) is 0 Å². The monoisotopic (exact) mass is 1110 g/mol. The first-order valence-corrected chi connectivity index (χ1v) is 27.5. The van der Waals surface area contributed by atoms with E-state index < -0.39 is 0 Å². The molecule has 82 heavy (non-hydrogen) atoms. The van der Waals surface area contributed by atoms with E-state index in [-0.39, 0.29) is 83.2 Å². The Morgan fingerprint density at radius 1 is 0.415 bits per heavy atom. The van der Waals surface area contributed by atoms with Gasteiger partial charge >= 0.3 is 0 Å². The molecule has 3 amide bonds. The Morgan fingerprint density at radius 2 is 0.805 bits per heavy atom. The Morgan fingerprint density at radius 3 is 1.21 bits per heavy atom. The number of aldehydes is 1. The molecule has 0 aromatic heterocycles. The molecular formula is C67H72N4O11. The number of rotatable bonds is 37. The van der Waals surface area contributed by atoms with E-state index in [0.29, 0.717) is 80.2 Å². The topological polar surface area (TPSA) is 163 Å². The summed E-state index contributed by atoms with van der Waals surface area (Å²) in [5, 5.41) is 7.18. The highest BCUT2D eigenvalue weighted by Gasteiger charge is 2.21. The largest absolute Gasteiger partial charge is 0.485 e. The molecule has 0 aliphatic heterocycles. The molecule has 0 radical (unpaired) electrons. The van der Waals surface area contributed by atoms with Gasteiger partial charge in [0.2, 0.25) is 5.91 Å². The van der Waals surface area contributed by atoms with E-state index in [1.165, 1.54) is 5.06 Å². The highest BCUT2D eigenvalue weighted by molar-refractivity contribution is 5.98. The molecule has 7 aromatic carbocycles. The molecule has 15 heteroatoms. The summed E-state index contributed by atoms with van der Waals surface area (Å²) in [7, 11) is 0. The maximum Gasteiger partial charge on any atom is 0.255 e. The third-order valence-electron chi connectivity index (χ3n) is 12.6. The highest BCUT2D eigenvalue weighted by atomic mass is 16.7. The second-order valence-electron chi connectivity index (χ2n) is 18.7. The quantitative estimate of drug-likeness (QED) is 0.0164. The normalized spacial score (nSPS) is 11.1. The average molecular weight is 1110 g/mol. The molecule has 7 aromatic rings. The van der Waals surface area contributed by atoms with Crippen molar-refractivity contribution in [1.29, 1.82) is 0 Å². The zero-order chi connectivity index (χ0) is 57.1. The number of nitrogens with one attached hydrogen (secondary N) is 2. The number of ether oxygens (including phenoxy) is 6. The van der Waals surface area contributed by atoms with Gasteiger partial charge in [-0.1, -0.05) is 188 Å². The van der Waals surface area contributed by atoms with Gasteiger partial charge in [-0.15, -0.1) is 0 Å². The zero-order valence-corrected chi connectivity index (χ0v) is 46.2. The van der Waals surface area contributed by atoms with E-state index in [1.54, 1.807) is 36.4 Å². The van der Waals surface area contributed by atoms with E-state index in [1.807, 2.05) is 176 Å². The molecule has 0 fully saturated rings. The van der Waals surface area contributed by atoms with Crippen LogP contribution >= 0.6 is 0 Å². The lowest BCUT2D eigenvalue weighted by Crippen LogP contribution is -2.37. The summed E-state index contributed by atoms with van der Waals surface area (Å²) >= 11 is 0. The van der Waals surface area contributed by atoms with Gasteiger partial charge in [0.15, 0.2) is 23.0 Å².